The molecule has 2 unspecified atom stereocenters. The van der Waals surface area contributed by atoms with Crippen LogP contribution in [0.3, 0.4) is 0 Å². The van der Waals surface area contributed by atoms with E-state index >= 15 is 0 Å². The summed E-state index contributed by atoms with van der Waals surface area (Å²) in [5.41, 5.74) is 0.796. The molecule has 1 aromatic rings. The van der Waals surface area contributed by atoms with Gasteiger partial charge >= 0.3 is 0 Å². The van der Waals surface area contributed by atoms with E-state index in [1.54, 1.807) is 0 Å². The molecule has 0 bridgehead atoms. The lowest BCUT2D eigenvalue weighted by atomic mass is 9.96. The minimum absolute atomic E-state index is 0.00464. The molecule has 1 fully saturated rings. The average Bonchev–Trinajstić information content (AvgIpc) is 2.43. The highest BCUT2D eigenvalue weighted by Crippen LogP contribution is 2.21. The number of aliphatic hydroxyl groups is 1. The van der Waals surface area contributed by atoms with Crippen LogP contribution in [0.5, 0.6) is 0 Å². The summed E-state index contributed by atoms with van der Waals surface area (Å²) in [5, 5.41) is 12.7. The van der Waals surface area contributed by atoms with Gasteiger partial charge in [-0.3, -0.25) is 4.79 Å². The fourth-order valence-corrected chi connectivity index (χ4v) is 2.74. The molecule has 1 heterocycles. The van der Waals surface area contributed by atoms with Gasteiger partial charge in [0, 0.05) is 24.0 Å². The molecule has 110 valence electrons. The van der Waals surface area contributed by atoms with Gasteiger partial charge in [-0.05, 0) is 46.9 Å². The molecule has 4 nitrogen and oxygen atoms in total. The predicted octanol–water partition coefficient (Wildman–Crippen LogP) is 2.48. The van der Waals surface area contributed by atoms with Crippen molar-refractivity contribution in [3.05, 3.63) is 28.7 Å². The van der Waals surface area contributed by atoms with Crippen molar-refractivity contribution in [1.29, 1.82) is 0 Å². The number of anilines is 1. The number of carbonyl (C=O) groups excluding carboxylic acids is 1. The molecular weight excluding hydrogens is 320 g/mol. The van der Waals surface area contributed by atoms with E-state index in [1.165, 1.54) is 0 Å². The number of β-amino-alcohol motifs (C(OH)–C–C–N with tert-alkyl or cyclic N) is 1. The molecule has 1 aromatic carbocycles. The molecule has 0 radical (unpaired) electrons. The van der Waals surface area contributed by atoms with Crippen molar-refractivity contribution in [2.45, 2.75) is 25.9 Å². The first-order valence-electron chi connectivity index (χ1n) is 7.01. The monoisotopic (exact) mass is 340 g/mol. The van der Waals surface area contributed by atoms with Crippen LogP contribution in [0.4, 0.5) is 5.69 Å². The van der Waals surface area contributed by atoms with E-state index in [2.05, 4.69) is 33.1 Å². The summed E-state index contributed by atoms with van der Waals surface area (Å²) in [6.45, 7) is 4.39. The summed E-state index contributed by atoms with van der Waals surface area (Å²) in [6, 6.07) is 7.57. The van der Waals surface area contributed by atoms with Gasteiger partial charge in [0.2, 0.25) is 5.91 Å². The van der Waals surface area contributed by atoms with Crippen molar-refractivity contribution in [3.8, 4) is 0 Å². The van der Waals surface area contributed by atoms with E-state index in [0.717, 1.165) is 23.1 Å². The van der Waals surface area contributed by atoms with E-state index in [1.807, 2.05) is 24.3 Å². The Morgan fingerprint density at radius 3 is 2.95 bits per heavy atom. The van der Waals surface area contributed by atoms with Gasteiger partial charge in [0.15, 0.2) is 0 Å². The Balaban J connectivity index is 1.77. The second-order valence-corrected chi connectivity index (χ2v) is 6.27. The molecule has 1 saturated heterocycles. The Morgan fingerprint density at radius 2 is 2.25 bits per heavy atom. The van der Waals surface area contributed by atoms with Crippen LogP contribution in [0, 0.1) is 5.92 Å². The molecule has 0 saturated carbocycles. The van der Waals surface area contributed by atoms with Crippen LogP contribution in [-0.2, 0) is 4.79 Å². The van der Waals surface area contributed by atoms with E-state index in [4.69, 9.17) is 0 Å². The number of likely N-dealkylation sites (tertiary alicyclic amines) is 1. The summed E-state index contributed by atoms with van der Waals surface area (Å²) in [5.74, 6) is 0.366. The van der Waals surface area contributed by atoms with Crippen LogP contribution in [0.15, 0.2) is 28.7 Å². The summed E-state index contributed by atoms with van der Waals surface area (Å²) < 4.78 is 0.885. The zero-order valence-corrected chi connectivity index (χ0v) is 13.3. The SMILES string of the molecule is CC1CCN(CCC(=O)Nc2ccccc2Br)CC1O. The third-order valence-corrected chi connectivity index (χ3v) is 4.50. The first kappa shape index (κ1) is 15.5. The number of hydrogen-bond donors (Lipinski definition) is 2. The van der Waals surface area contributed by atoms with Gasteiger partial charge in [0.25, 0.3) is 0 Å². The largest absolute Gasteiger partial charge is 0.392 e. The van der Waals surface area contributed by atoms with Crippen LogP contribution in [0.1, 0.15) is 19.8 Å². The maximum atomic E-state index is 11.9. The molecular formula is C15H21BrN2O2. The van der Waals surface area contributed by atoms with E-state index in [9.17, 15) is 9.90 Å². The molecule has 1 aliphatic heterocycles. The zero-order chi connectivity index (χ0) is 14.5. The van der Waals surface area contributed by atoms with Crippen LogP contribution >= 0.6 is 15.9 Å². The Kier molecular flexibility index (Phi) is 5.57. The number of piperidine rings is 1. The van der Waals surface area contributed by atoms with Crippen molar-refractivity contribution in [2.75, 3.05) is 25.0 Å². The van der Waals surface area contributed by atoms with Gasteiger partial charge in [0.1, 0.15) is 0 Å². The molecule has 1 aliphatic rings. The minimum Gasteiger partial charge on any atom is -0.392 e. The highest BCUT2D eigenvalue weighted by Gasteiger charge is 2.24. The maximum Gasteiger partial charge on any atom is 0.225 e. The molecule has 0 spiro atoms. The Labute approximate surface area is 128 Å². The Hall–Kier alpha value is -0.910. The average molecular weight is 341 g/mol. The van der Waals surface area contributed by atoms with E-state index < -0.39 is 0 Å². The van der Waals surface area contributed by atoms with Gasteiger partial charge in [-0.15, -0.1) is 0 Å². The Bertz CT molecular complexity index is 467. The number of halogens is 1. The lowest BCUT2D eigenvalue weighted by Crippen LogP contribution is -2.43. The van der Waals surface area contributed by atoms with Gasteiger partial charge in [-0.1, -0.05) is 19.1 Å². The lowest BCUT2D eigenvalue weighted by molar-refractivity contribution is -0.116. The van der Waals surface area contributed by atoms with Gasteiger partial charge in [-0.2, -0.15) is 0 Å². The second kappa shape index (κ2) is 7.20. The number of benzene rings is 1. The van der Waals surface area contributed by atoms with E-state index in [-0.39, 0.29) is 12.0 Å². The number of nitrogens with zero attached hydrogens (tertiary/aromatic N) is 1. The quantitative estimate of drug-likeness (QED) is 0.885. The van der Waals surface area contributed by atoms with Crippen molar-refractivity contribution >= 4 is 27.5 Å². The van der Waals surface area contributed by atoms with E-state index in [0.29, 0.717) is 25.4 Å². The second-order valence-electron chi connectivity index (χ2n) is 5.41. The van der Waals surface area contributed by atoms with Crippen molar-refractivity contribution in [3.63, 3.8) is 0 Å². The van der Waals surface area contributed by atoms with Crippen LogP contribution in [0.2, 0.25) is 0 Å². The van der Waals surface area contributed by atoms with Gasteiger partial charge < -0.3 is 15.3 Å². The highest BCUT2D eigenvalue weighted by atomic mass is 79.9. The van der Waals surface area contributed by atoms with Gasteiger partial charge in [-0.25, -0.2) is 0 Å². The number of rotatable bonds is 4. The summed E-state index contributed by atoms with van der Waals surface area (Å²) in [7, 11) is 0. The normalized spacial score (nSPS) is 23.6. The van der Waals surface area contributed by atoms with Crippen molar-refractivity contribution in [2.24, 2.45) is 5.92 Å². The van der Waals surface area contributed by atoms with Gasteiger partial charge in [0.05, 0.1) is 11.8 Å². The zero-order valence-electron chi connectivity index (χ0n) is 11.7. The molecule has 0 aromatic heterocycles. The first-order chi connectivity index (χ1) is 9.56. The molecule has 2 N–H and O–H groups in total. The fourth-order valence-electron chi connectivity index (χ4n) is 2.35. The summed E-state index contributed by atoms with van der Waals surface area (Å²) in [4.78, 5) is 14.1. The maximum absolute atomic E-state index is 11.9. The number of carbonyl (C=O) groups is 1. The first-order valence-corrected chi connectivity index (χ1v) is 7.80. The minimum atomic E-state index is -0.268. The molecule has 2 rings (SSSR count). The predicted molar refractivity (Wildman–Crippen MR) is 83.6 cm³/mol. The number of amides is 1. The van der Waals surface area contributed by atoms with Crippen molar-refractivity contribution in [1.82, 2.24) is 4.90 Å². The smallest absolute Gasteiger partial charge is 0.225 e. The Morgan fingerprint density at radius 1 is 1.50 bits per heavy atom. The molecule has 20 heavy (non-hydrogen) atoms. The van der Waals surface area contributed by atoms with Crippen LogP contribution < -0.4 is 5.32 Å². The molecule has 2 atom stereocenters. The molecule has 5 heteroatoms. The van der Waals surface area contributed by atoms with Crippen molar-refractivity contribution < 1.29 is 9.90 Å². The topological polar surface area (TPSA) is 52.6 Å². The number of hydrogen-bond acceptors (Lipinski definition) is 3. The lowest BCUT2D eigenvalue weighted by Gasteiger charge is -2.34. The number of nitrogens with one attached hydrogen (secondary N) is 1. The third-order valence-electron chi connectivity index (χ3n) is 3.81. The number of aliphatic hydroxyl groups excluding tert-OH is 1. The molecule has 0 aliphatic carbocycles. The fraction of sp³-hybridized carbons (Fsp3) is 0.533. The van der Waals surface area contributed by atoms with Crippen LogP contribution in [-0.4, -0.2) is 41.7 Å². The highest BCUT2D eigenvalue weighted by molar-refractivity contribution is 9.10. The molecule has 1 amide bonds. The standard InChI is InChI=1S/C15H21BrN2O2/c1-11-6-8-18(10-14(11)19)9-7-15(20)17-13-5-3-2-4-12(13)16/h2-5,11,14,19H,6-10H2,1H3,(H,17,20). The number of para-hydroxylation sites is 1. The third kappa shape index (κ3) is 4.30. The van der Waals surface area contributed by atoms with Crippen LogP contribution in [0.25, 0.3) is 0 Å². The summed E-state index contributed by atoms with van der Waals surface area (Å²) in [6.07, 6.45) is 1.17. The summed E-state index contributed by atoms with van der Waals surface area (Å²) >= 11 is 3.41.